The Kier molecular flexibility index (Phi) is 2.55. The predicted molar refractivity (Wildman–Crippen MR) is 52.5 cm³/mol. The van der Waals surface area contributed by atoms with E-state index in [1.54, 1.807) is 6.20 Å². The monoisotopic (exact) mass is 228 g/mol. The highest BCUT2D eigenvalue weighted by Gasteiger charge is 2.09. The van der Waals surface area contributed by atoms with Crippen LogP contribution >= 0.6 is 23.3 Å². The number of nitrogens with zero attached hydrogens (tertiary/aromatic N) is 4. The van der Waals surface area contributed by atoms with Crippen molar-refractivity contribution in [2.45, 2.75) is 0 Å². The van der Waals surface area contributed by atoms with Crippen LogP contribution < -0.4 is 4.74 Å². The van der Waals surface area contributed by atoms with Gasteiger partial charge in [0.25, 0.3) is 0 Å². The van der Waals surface area contributed by atoms with Gasteiger partial charge < -0.3 is 4.74 Å². The number of rotatable bonds is 2. The molecule has 0 saturated heterocycles. The Morgan fingerprint density at radius 2 is 2.14 bits per heavy atom. The van der Waals surface area contributed by atoms with Crippen molar-refractivity contribution < 1.29 is 4.74 Å². The Bertz CT molecular complexity index is 430. The molecular formula is C7H5ClN4OS. The highest BCUT2D eigenvalue weighted by atomic mass is 35.5. The van der Waals surface area contributed by atoms with Crippen molar-refractivity contribution in [2.75, 3.05) is 7.11 Å². The van der Waals surface area contributed by atoms with Crippen LogP contribution in [0.3, 0.4) is 0 Å². The second kappa shape index (κ2) is 3.85. The molecule has 0 fully saturated rings. The molecule has 7 heteroatoms. The summed E-state index contributed by atoms with van der Waals surface area (Å²) in [5.41, 5.74) is 1.14. The smallest absolute Gasteiger partial charge is 0.232 e. The third kappa shape index (κ3) is 1.66. The first-order valence-corrected chi connectivity index (χ1v) is 4.76. The van der Waals surface area contributed by atoms with Crippen LogP contribution in [0, 0.1) is 0 Å². The number of methoxy groups -OCH3 is 1. The van der Waals surface area contributed by atoms with Gasteiger partial charge in [-0.05, 0) is 0 Å². The van der Waals surface area contributed by atoms with E-state index in [4.69, 9.17) is 16.3 Å². The molecule has 14 heavy (non-hydrogen) atoms. The molecule has 0 N–H and O–H groups in total. The van der Waals surface area contributed by atoms with Crippen LogP contribution in [0.4, 0.5) is 0 Å². The first-order chi connectivity index (χ1) is 6.81. The molecule has 0 saturated carbocycles. The van der Waals surface area contributed by atoms with Gasteiger partial charge in [0.15, 0.2) is 5.15 Å². The van der Waals surface area contributed by atoms with Gasteiger partial charge in [-0.25, -0.2) is 9.97 Å². The maximum absolute atomic E-state index is 5.79. The lowest BCUT2D eigenvalue weighted by Crippen LogP contribution is -1.90. The number of halogens is 1. The van der Waals surface area contributed by atoms with Gasteiger partial charge in [-0.3, -0.25) is 0 Å². The van der Waals surface area contributed by atoms with Crippen LogP contribution in [-0.2, 0) is 0 Å². The van der Waals surface area contributed by atoms with E-state index in [-0.39, 0.29) is 0 Å². The van der Waals surface area contributed by atoms with Crippen molar-refractivity contribution in [3.63, 3.8) is 0 Å². The summed E-state index contributed by atoms with van der Waals surface area (Å²) in [6, 6.07) is 0. The van der Waals surface area contributed by atoms with E-state index in [0.717, 1.165) is 11.7 Å². The molecule has 0 spiro atoms. The number of hydrogen-bond acceptors (Lipinski definition) is 6. The fraction of sp³-hybridized carbons (Fsp3) is 0.143. The van der Waals surface area contributed by atoms with Gasteiger partial charge in [-0.15, -0.1) is 0 Å². The first kappa shape index (κ1) is 9.29. The Morgan fingerprint density at radius 3 is 2.64 bits per heavy atom. The van der Waals surface area contributed by atoms with E-state index >= 15 is 0 Å². The molecule has 0 amide bonds. The maximum atomic E-state index is 5.79. The largest absolute Gasteiger partial charge is 0.480 e. The molecule has 0 aliphatic carbocycles. The van der Waals surface area contributed by atoms with Gasteiger partial charge in [0.2, 0.25) is 5.88 Å². The van der Waals surface area contributed by atoms with Gasteiger partial charge in [-0.2, -0.15) is 8.75 Å². The minimum absolute atomic E-state index is 0.342. The minimum atomic E-state index is 0.342. The molecule has 0 aliphatic heterocycles. The molecule has 0 aromatic carbocycles. The third-order valence-corrected chi connectivity index (χ3v) is 2.42. The highest BCUT2D eigenvalue weighted by Crippen LogP contribution is 2.23. The maximum Gasteiger partial charge on any atom is 0.232 e. The van der Waals surface area contributed by atoms with Crippen LogP contribution in [0.5, 0.6) is 5.88 Å². The van der Waals surface area contributed by atoms with Crippen LogP contribution in [0.2, 0.25) is 5.15 Å². The van der Waals surface area contributed by atoms with Crippen LogP contribution in [-0.4, -0.2) is 25.8 Å². The zero-order valence-corrected chi connectivity index (χ0v) is 8.71. The predicted octanol–water partition coefficient (Wildman–Crippen LogP) is 1.66. The Hall–Kier alpha value is -1.27. The summed E-state index contributed by atoms with van der Waals surface area (Å²) in [4.78, 5) is 8.07. The molecule has 2 aromatic rings. The number of ether oxygens (including phenoxy) is 1. The lowest BCUT2D eigenvalue weighted by Gasteiger charge is -1.98. The molecule has 0 unspecified atom stereocenters. The average Bonchev–Trinajstić information content (AvgIpc) is 2.65. The summed E-state index contributed by atoms with van der Waals surface area (Å²) in [5.74, 6) is 0.452. The normalized spacial score (nSPS) is 10.1. The first-order valence-electron chi connectivity index (χ1n) is 3.65. The number of hydrogen-bond donors (Lipinski definition) is 0. The van der Waals surface area contributed by atoms with Crippen molar-refractivity contribution in [3.05, 3.63) is 17.5 Å². The Balaban J connectivity index is 2.39. The van der Waals surface area contributed by atoms with E-state index in [0.29, 0.717) is 22.4 Å². The van der Waals surface area contributed by atoms with E-state index in [1.807, 2.05) is 0 Å². The topological polar surface area (TPSA) is 60.8 Å². The van der Waals surface area contributed by atoms with Gasteiger partial charge in [-0.1, -0.05) is 11.6 Å². The van der Waals surface area contributed by atoms with E-state index in [2.05, 4.69) is 18.7 Å². The lowest BCUT2D eigenvalue weighted by atomic mass is 10.3. The summed E-state index contributed by atoms with van der Waals surface area (Å²) in [7, 11) is 1.53. The van der Waals surface area contributed by atoms with Crippen molar-refractivity contribution in [3.8, 4) is 17.3 Å². The van der Waals surface area contributed by atoms with Gasteiger partial charge in [0.1, 0.15) is 11.4 Å². The molecule has 2 rings (SSSR count). The molecule has 5 nitrogen and oxygen atoms in total. The Morgan fingerprint density at radius 1 is 1.29 bits per heavy atom. The Labute approximate surface area is 89.1 Å². The van der Waals surface area contributed by atoms with Crippen molar-refractivity contribution in [1.82, 2.24) is 18.7 Å². The summed E-state index contributed by atoms with van der Waals surface area (Å²) in [6.45, 7) is 0. The SMILES string of the molecule is COc1cnc(-c2nsnc2Cl)cn1. The minimum Gasteiger partial charge on any atom is -0.480 e. The zero-order chi connectivity index (χ0) is 9.97. The molecule has 0 atom stereocenters. The van der Waals surface area contributed by atoms with Crippen molar-refractivity contribution >= 4 is 23.3 Å². The van der Waals surface area contributed by atoms with Crippen LogP contribution in [0.15, 0.2) is 12.4 Å². The lowest BCUT2D eigenvalue weighted by molar-refractivity contribution is 0.396. The highest BCUT2D eigenvalue weighted by molar-refractivity contribution is 6.99. The van der Waals surface area contributed by atoms with Crippen molar-refractivity contribution in [1.29, 1.82) is 0 Å². The van der Waals surface area contributed by atoms with Gasteiger partial charge in [0.05, 0.1) is 31.2 Å². The summed E-state index contributed by atoms with van der Waals surface area (Å²) in [5, 5.41) is 0.342. The third-order valence-electron chi connectivity index (χ3n) is 1.53. The van der Waals surface area contributed by atoms with Gasteiger partial charge in [0, 0.05) is 0 Å². The quantitative estimate of drug-likeness (QED) is 0.782. The molecule has 2 heterocycles. The fourth-order valence-electron chi connectivity index (χ4n) is 0.874. The van der Waals surface area contributed by atoms with E-state index in [1.165, 1.54) is 13.3 Å². The zero-order valence-electron chi connectivity index (χ0n) is 7.14. The molecule has 2 aromatic heterocycles. The second-order valence-electron chi connectivity index (χ2n) is 2.35. The number of aromatic nitrogens is 4. The second-order valence-corrected chi connectivity index (χ2v) is 3.23. The van der Waals surface area contributed by atoms with Crippen LogP contribution in [0.1, 0.15) is 0 Å². The average molecular weight is 229 g/mol. The molecular weight excluding hydrogens is 224 g/mol. The summed E-state index contributed by atoms with van der Waals surface area (Å²) < 4.78 is 12.7. The van der Waals surface area contributed by atoms with E-state index in [9.17, 15) is 0 Å². The summed E-state index contributed by atoms with van der Waals surface area (Å²) >= 11 is 6.83. The molecule has 72 valence electrons. The molecule has 0 aliphatic rings. The fourth-order valence-corrected chi connectivity index (χ4v) is 1.62. The summed E-state index contributed by atoms with van der Waals surface area (Å²) in [6.07, 6.45) is 3.05. The standard InChI is InChI=1S/C7H5ClN4OS/c1-13-5-3-9-4(2-10-5)6-7(8)12-14-11-6/h2-3H,1H3. The molecule has 0 bridgehead atoms. The van der Waals surface area contributed by atoms with Crippen molar-refractivity contribution in [2.24, 2.45) is 0 Å². The van der Waals surface area contributed by atoms with Crippen LogP contribution in [0.25, 0.3) is 11.4 Å². The van der Waals surface area contributed by atoms with Gasteiger partial charge >= 0.3 is 0 Å². The molecule has 0 radical (unpaired) electrons. The van der Waals surface area contributed by atoms with E-state index < -0.39 is 0 Å².